The van der Waals surface area contributed by atoms with Gasteiger partial charge in [0.15, 0.2) is 5.13 Å². The van der Waals surface area contributed by atoms with Gasteiger partial charge in [0.05, 0.1) is 24.2 Å². The lowest BCUT2D eigenvalue weighted by atomic mass is 10.1. The monoisotopic (exact) mass is 415 g/mol. The number of sulfonamides is 1. The fourth-order valence-corrected chi connectivity index (χ4v) is 5.14. The topological polar surface area (TPSA) is 71.5 Å². The number of ether oxygens (including phenoxy) is 1. The molecule has 1 N–H and O–H groups in total. The van der Waals surface area contributed by atoms with Gasteiger partial charge in [0.1, 0.15) is 5.75 Å². The van der Waals surface area contributed by atoms with Gasteiger partial charge in [0, 0.05) is 23.2 Å². The molecule has 1 aromatic heterocycles. The first-order valence-corrected chi connectivity index (χ1v) is 11.5. The van der Waals surface area contributed by atoms with Gasteiger partial charge in [-0.05, 0) is 55.3 Å². The summed E-state index contributed by atoms with van der Waals surface area (Å²) in [6.07, 6.45) is 0.726. The van der Waals surface area contributed by atoms with Crippen LogP contribution in [0.3, 0.4) is 0 Å². The van der Waals surface area contributed by atoms with Crippen molar-refractivity contribution in [3.05, 3.63) is 53.4 Å². The zero-order valence-corrected chi connectivity index (χ0v) is 17.3. The maximum absolute atomic E-state index is 12.2. The van der Waals surface area contributed by atoms with E-state index in [1.165, 1.54) is 15.6 Å². The summed E-state index contributed by atoms with van der Waals surface area (Å²) in [5, 5.41) is 6.10. The number of benzene rings is 2. The van der Waals surface area contributed by atoms with Crippen molar-refractivity contribution in [2.24, 2.45) is 0 Å². The van der Waals surface area contributed by atoms with Gasteiger partial charge >= 0.3 is 0 Å². The van der Waals surface area contributed by atoms with Crippen molar-refractivity contribution >= 4 is 37.9 Å². The van der Waals surface area contributed by atoms with E-state index in [4.69, 9.17) is 4.74 Å². The lowest BCUT2D eigenvalue weighted by Crippen LogP contribution is -2.30. The SMILES string of the molecule is CCS(=O)(=O)N1CCc2cc(-c3csc(Nc4ccc(OC)cc4)n3)ccc21. The first-order valence-electron chi connectivity index (χ1n) is 9.00. The highest BCUT2D eigenvalue weighted by Crippen LogP contribution is 2.35. The predicted molar refractivity (Wildman–Crippen MR) is 114 cm³/mol. The number of hydrogen-bond donors (Lipinski definition) is 1. The zero-order valence-electron chi connectivity index (χ0n) is 15.7. The normalized spacial score (nSPS) is 13.4. The summed E-state index contributed by atoms with van der Waals surface area (Å²) in [6.45, 7) is 2.19. The first-order chi connectivity index (χ1) is 13.5. The Kier molecular flexibility index (Phi) is 4.99. The molecule has 8 heteroatoms. The molecule has 6 nitrogen and oxygen atoms in total. The minimum atomic E-state index is -3.22. The van der Waals surface area contributed by atoms with Crippen LogP contribution in [0.4, 0.5) is 16.5 Å². The highest BCUT2D eigenvalue weighted by atomic mass is 32.2. The largest absolute Gasteiger partial charge is 0.497 e. The van der Waals surface area contributed by atoms with Gasteiger partial charge in [-0.2, -0.15) is 0 Å². The van der Waals surface area contributed by atoms with Crippen LogP contribution in [-0.4, -0.2) is 32.8 Å². The summed E-state index contributed by atoms with van der Waals surface area (Å²) >= 11 is 1.53. The third kappa shape index (κ3) is 3.57. The number of rotatable bonds is 6. The number of nitrogens with one attached hydrogen (secondary N) is 1. The van der Waals surface area contributed by atoms with Crippen molar-refractivity contribution < 1.29 is 13.2 Å². The Morgan fingerprint density at radius 1 is 1.21 bits per heavy atom. The molecule has 0 spiro atoms. The van der Waals surface area contributed by atoms with E-state index in [0.717, 1.165) is 45.5 Å². The highest BCUT2D eigenvalue weighted by molar-refractivity contribution is 7.92. The summed E-state index contributed by atoms with van der Waals surface area (Å²) in [5.74, 6) is 0.920. The van der Waals surface area contributed by atoms with Gasteiger partial charge in [-0.15, -0.1) is 11.3 Å². The van der Waals surface area contributed by atoms with E-state index in [1.54, 1.807) is 14.0 Å². The molecule has 1 aliphatic rings. The Balaban J connectivity index is 1.54. The highest BCUT2D eigenvalue weighted by Gasteiger charge is 2.28. The fraction of sp³-hybridized carbons (Fsp3) is 0.250. The number of fused-ring (bicyclic) bond motifs is 1. The average Bonchev–Trinajstić information content (AvgIpc) is 3.35. The van der Waals surface area contributed by atoms with Gasteiger partial charge in [-0.3, -0.25) is 4.31 Å². The van der Waals surface area contributed by atoms with Crippen molar-refractivity contribution in [1.29, 1.82) is 0 Å². The molecular weight excluding hydrogens is 394 g/mol. The molecule has 0 saturated heterocycles. The summed E-state index contributed by atoms with van der Waals surface area (Å²) in [7, 11) is -1.58. The average molecular weight is 416 g/mol. The van der Waals surface area contributed by atoms with E-state index < -0.39 is 10.0 Å². The molecule has 0 aliphatic carbocycles. The summed E-state index contributed by atoms with van der Waals surface area (Å²) in [5.41, 5.74) is 4.65. The van der Waals surface area contributed by atoms with E-state index in [2.05, 4.69) is 10.3 Å². The molecule has 0 atom stereocenters. The molecule has 4 rings (SSSR count). The van der Waals surface area contributed by atoms with E-state index in [9.17, 15) is 8.42 Å². The maximum Gasteiger partial charge on any atom is 0.234 e. The van der Waals surface area contributed by atoms with Crippen LogP contribution in [0.2, 0.25) is 0 Å². The second-order valence-corrected chi connectivity index (χ2v) is 9.50. The minimum absolute atomic E-state index is 0.112. The quantitative estimate of drug-likeness (QED) is 0.651. The lowest BCUT2D eigenvalue weighted by Gasteiger charge is -2.18. The predicted octanol–water partition coefficient (Wildman–Crippen LogP) is 4.27. The molecule has 2 aromatic carbocycles. The van der Waals surface area contributed by atoms with Crippen molar-refractivity contribution in [3.63, 3.8) is 0 Å². The van der Waals surface area contributed by atoms with E-state index in [0.29, 0.717) is 6.54 Å². The number of methoxy groups -OCH3 is 1. The van der Waals surface area contributed by atoms with Gasteiger partial charge in [-0.25, -0.2) is 13.4 Å². The molecule has 3 aromatic rings. The number of aromatic nitrogens is 1. The van der Waals surface area contributed by atoms with E-state index >= 15 is 0 Å². The summed E-state index contributed by atoms with van der Waals surface area (Å²) < 4.78 is 31.2. The molecule has 0 saturated carbocycles. The number of anilines is 3. The second kappa shape index (κ2) is 7.44. The van der Waals surface area contributed by atoms with Crippen LogP contribution < -0.4 is 14.4 Å². The van der Waals surface area contributed by atoms with E-state index in [1.807, 2.05) is 47.8 Å². The van der Waals surface area contributed by atoms with Gasteiger partial charge < -0.3 is 10.1 Å². The van der Waals surface area contributed by atoms with Crippen LogP contribution in [0.15, 0.2) is 47.8 Å². The van der Waals surface area contributed by atoms with Gasteiger partial charge in [0.2, 0.25) is 10.0 Å². The van der Waals surface area contributed by atoms with Crippen LogP contribution >= 0.6 is 11.3 Å². The number of hydrogen-bond acceptors (Lipinski definition) is 6. The smallest absolute Gasteiger partial charge is 0.234 e. The molecular formula is C20H21N3O3S2. The standard InChI is InChI=1S/C20H21N3O3S2/c1-3-28(24,25)23-11-10-15-12-14(4-9-19(15)23)18-13-27-20(22-18)21-16-5-7-17(26-2)8-6-16/h4-9,12-13H,3,10-11H2,1-2H3,(H,21,22). The van der Waals surface area contributed by atoms with Crippen molar-refractivity contribution in [2.75, 3.05) is 29.0 Å². The van der Waals surface area contributed by atoms with Crippen LogP contribution in [0.1, 0.15) is 12.5 Å². The van der Waals surface area contributed by atoms with Crippen molar-refractivity contribution in [2.45, 2.75) is 13.3 Å². The Hall–Kier alpha value is -2.58. The number of thiazole rings is 1. The Bertz CT molecular complexity index is 1090. The molecule has 0 amide bonds. The third-order valence-electron chi connectivity index (χ3n) is 4.77. The van der Waals surface area contributed by atoms with Crippen LogP contribution in [0.25, 0.3) is 11.3 Å². The number of nitrogens with zero attached hydrogens (tertiary/aromatic N) is 2. The van der Waals surface area contributed by atoms with Crippen LogP contribution in [0, 0.1) is 0 Å². The Labute approximate surface area is 168 Å². The van der Waals surface area contributed by atoms with Crippen LogP contribution in [-0.2, 0) is 16.4 Å². The maximum atomic E-state index is 12.2. The lowest BCUT2D eigenvalue weighted by molar-refractivity contribution is 0.415. The molecule has 0 radical (unpaired) electrons. The molecule has 0 bridgehead atoms. The Morgan fingerprint density at radius 2 is 2.00 bits per heavy atom. The summed E-state index contributed by atoms with van der Waals surface area (Å²) in [4.78, 5) is 4.67. The molecule has 146 valence electrons. The molecule has 0 fully saturated rings. The van der Waals surface area contributed by atoms with Gasteiger partial charge in [0.25, 0.3) is 0 Å². The minimum Gasteiger partial charge on any atom is -0.497 e. The molecule has 0 unspecified atom stereocenters. The Morgan fingerprint density at radius 3 is 2.71 bits per heavy atom. The third-order valence-corrected chi connectivity index (χ3v) is 7.31. The summed E-state index contributed by atoms with van der Waals surface area (Å²) in [6, 6.07) is 13.6. The zero-order chi connectivity index (χ0) is 19.7. The van der Waals surface area contributed by atoms with Crippen molar-refractivity contribution in [1.82, 2.24) is 4.98 Å². The fourth-order valence-electron chi connectivity index (χ4n) is 3.24. The van der Waals surface area contributed by atoms with Crippen LogP contribution in [0.5, 0.6) is 5.75 Å². The first kappa shape index (κ1) is 18.8. The molecule has 28 heavy (non-hydrogen) atoms. The second-order valence-electron chi connectivity index (χ2n) is 6.46. The molecule has 1 aliphatic heterocycles. The molecule has 2 heterocycles. The van der Waals surface area contributed by atoms with Crippen molar-refractivity contribution in [3.8, 4) is 17.0 Å². The van der Waals surface area contributed by atoms with Gasteiger partial charge in [-0.1, -0.05) is 6.07 Å². The van der Waals surface area contributed by atoms with E-state index in [-0.39, 0.29) is 5.75 Å².